The molecule has 5 nitrogen and oxygen atoms in total. The number of benzene rings is 6. The van der Waals surface area contributed by atoms with Crippen LogP contribution in [-0.2, 0) is 49.2 Å². The van der Waals surface area contributed by atoms with Crippen LogP contribution in [0.3, 0.4) is 0 Å². The van der Waals surface area contributed by atoms with Crippen molar-refractivity contribution in [2.45, 2.75) is 50.7 Å². The summed E-state index contributed by atoms with van der Waals surface area (Å²) in [5, 5.41) is 0. The monoisotopic (exact) mass is 676 g/mol. The smallest absolute Gasteiger partial charge is 0.161 e. The van der Waals surface area contributed by atoms with Crippen molar-refractivity contribution in [3.05, 3.63) is 215 Å². The molecule has 0 N–H and O–H groups in total. The van der Waals surface area contributed by atoms with Crippen LogP contribution in [0.15, 0.2) is 182 Å². The molecule has 0 spiro atoms. The molecule has 0 heterocycles. The first-order valence-electron chi connectivity index (χ1n) is 17.4. The highest BCUT2D eigenvalue weighted by atomic mass is 16.6. The van der Waals surface area contributed by atoms with Gasteiger partial charge in [0, 0.05) is 0 Å². The summed E-state index contributed by atoms with van der Waals surface area (Å²) in [5.41, 5.74) is 4.83. The number of Topliss-reactive ketones (excluding diaryl/α,β-unsaturated/α-hetero) is 1. The van der Waals surface area contributed by atoms with Gasteiger partial charge in [-0.05, 0) is 40.3 Å². The van der Waals surface area contributed by atoms with Crippen molar-refractivity contribution in [3.8, 4) is 0 Å². The third-order valence-electron chi connectivity index (χ3n) is 8.94. The van der Waals surface area contributed by atoms with Crippen LogP contribution in [0.4, 0.5) is 0 Å². The van der Waals surface area contributed by atoms with Gasteiger partial charge in [-0.3, -0.25) is 4.79 Å². The molecule has 0 aliphatic carbocycles. The number of hydrogen-bond donors (Lipinski definition) is 0. The molecule has 0 aliphatic heterocycles. The lowest BCUT2D eigenvalue weighted by Gasteiger charge is -2.39. The highest BCUT2D eigenvalue weighted by Crippen LogP contribution is 2.41. The summed E-state index contributed by atoms with van der Waals surface area (Å²) in [7, 11) is 0. The third-order valence-corrected chi connectivity index (χ3v) is 8.94. The van der Waals surface area contributed by atoms with Crippen LogP contribution in [0.1, 0.15) is 40.3 Å². The van der Waals surface area contributed by atoms with E-state index in [1.54, 1.807) is 6.92 Å². The fourth-order valence-corrected chi connectivity index (χ4v) is 6.35. The van der Waals surface area contributed by atoms with E-state index < -0.39 is 23.9 Å². The Morgan fingerprint density at radius 1 is 0.471 bits per heavy atom. The Morgan fingerprint density at radius 3 is 1.18 bits per heavy atom. The minimum absolute atomic E-state index is 0.0868. The Balaban J connectivity index is 1.42. The second-order valence-electron chi connectivity index (χ2n) is 12.5. The molecule has 0 aromatic heterocycles. The fraction of sp³-hybridized carbons (Fsp3) is 0.196. The molecule has 3 atom stereocenters. The molecular formula is C46H44O5. The predicted octanol–water partition coefficient (Wildman–Crippen LogP) is 9.34. The zero-order valence-corrected chi connectivity index (χ0v) is 28.9. The summed E-state index contributed by atoms with van der Waals surface area (Å²) >= 11 is 0. The Morgan fingerprint density at radius 2 is 0.804 bits per heavy atom. The SMILES string of the molecule is CC(=O)[C@H](OCc1ccccc1)[C@@H](OCc1ccccc1)[C@H](COC(c1ccccc1)(c1ccccc1)c1ccccc1)OCc1ccccc1. The van der Waals surface area contributed by atoms with Gasteiger partial charge in [0.2, 0.25) is 0 Å². The highest BCUT2D eigenvalue weighted by molar-refractivity contribution is 5.81. The maximum absolute atomic E-state index is 13.6. The van der Waals surface area contributed by atoms with Crippen LogP contribution < -0.4 is 0 Å². The van der Waals surface area contributed by atoms with Gasteiger partial charge in [-0.2, -0.15) is 0 Å². The van der Waals surface area contributed by atoms with Gasteiger partial charge >= 0.3 is 0 Å². The van der Waals surface area contributed by atoms with E-state index in [0.29, 0.717) is 6.61 Å². The first-order valence-corrected chi connectivity index (χ1v) is 17.4. The molecule has 6 rings (SSSR count). The van der Waals surface area contributed by atoms with Crippen LogP contribution >= 0.6 is 0 Å². The van der Waals surface area contributed by atoms with Crippen LogP contribution in [0, 0.1) is 0 Å². The molecule has 6 aromatic carbocycles. The van der Waals surface area contributed by atoms with E-state index in [0.717, 1.165) is 33.4 Å². The fourth-order valence-electron chi connectivity index (χ4n) is 6.35. The standard InChI is InChI=1S/C46H44O5/c1-36(47)44(49-33-38-22-10-3-11-23-38)45(50-34-39-24-12-4-13-25-39)43(48-32-37-20-8-2-9-21-37)35-51-46(40-26-14-5-15-27-40,41-28-16-6-17-29-41)42-30-18-7-19-31-42/h2-31,43-45H,32-35H2,1H3/t43-,44-,45-/m0/s1. The summed E-state index contributed by atoms with van der Waals surface area (Å²) < 4.78 is 27.2. The molecule has 0 fully saturated rings. The topological polar surface area (TPSA) is 54.0 Å². The van der Waals surface area contributed by atoms with E-state index >= 15 is 0 Å². The Bertz CT molecular complexity index is 1770. The van der Waals surface area contributed by atoms with E-state index in [1.807, 2.05) is 146 Å². The molecule has 6 aromatic rings. The van der Waals surface area contributed by atoms with Crippen molar-refractivity contribution in [2.24, 2.45) is 0 Å². The van der Waals surface area contributed by atoms with Crippen molar-refractivity contribution in [3.63, 3.8) is 0 Å². The van der Waals surface area contributed by atoms with Crippen LogP contribution in [0.25, 0.3) is 0 Å². The van der Waals surface area contributed by atoms with Crippen molar-refractivity contribution in [1.29, 1.82) is 0 Å². The Kier molecular flexibility index (Phi) is 12.7. The Labute approximate surface area is 301 Å². The van der Waals surface area contributed by atoms with Gasteiger partial charge in [0.25, 0.3) is 0 Å². The van der Waals surface area contributed by atoms with Gasteiger partial charge in [0.1, 0.15) is 23.9 Å². The normalized spacial score (nSPS) is 13.3. The molecule has 0 saturated carbocycles. The number of hydrogen-bond acceptors (Lipinski definition) is 5. The first-order chi connectivity index (χ1) is 25.1. The predicted molar refractivity (Wildman–Crippen MR) is 201 cm³/mol. The molecule has 258 valence electrons. The van der Waals surface area contributed by atoms with Crippen LogP contribution in [0.5, 0.6) is 0 Å². The van der Waals surface area contributed by atoms with E-state index in [1.165, 1.54) is 0 Å². The number of carbonyl (C=O) groups excluding carboxylic acids is 1. The van der Waals surface area contributed by atoms with Crippen LogP contribution in [-0.4, -0.2) is 30.7 Å². The lowest BCUT2D eigenvalue weighted by atomic mass is 9.80. The second-order valence-corrected chi connectivity index (χ2v) is 12.5. The molecule has 0 amide bonds. The van der Waals surface area contributed by atoms with Gasteiger partial charge in [-0.15, -0.1) is 0 Å². The summed E-state index contributed by atoms with van der Waals surface area (Å²) in [4.78, 5) is 13.6. The highest BCUT2D eigenvalue weighted by Gasteiger charge is 2.41. The lowest BCUT2D eigenvalue weighted by Crippen LogP contribution is -2.49. The van der Waals surface area contributed by atoms with Gasteiger partial charge < -0.3 is 18.9 Å². The van der Waals surface area contributed by atoms with Crippen LogP contribution in [0.2, 0.25) is 0 Å². The quantitative estimate of drug-likeness (QED) is 0.0850. The largest absolute Gasteiger partial charge is 0.368 e. The van der Waals surface area contributed by atoms with E-state index in [2.05, 4.69) is 36.4 Å². The van der Waals surface area contributed by atoms with Gasteiger partial charge in [-0.25, -0.2) is 0 Å². The molecule has 5 heteroatoms. The molecule has 0 bridgehead atoms. The number of carbonyl (C=O) groups is 1. The summed E-state index contributed by atoms with van der Waals surface area (Å²) in [6.07, 6.45) is -2.46. The van der Waals surface area contributed by atoms with Gasteiger partial charge in [-0.1, -0.05) is 182 Å². The third kappa shape index (κ3) is 9.34. The van der Waals surface area contributed by atoms with E-state index in [9.17, 15) is 4.79 Å². The lowest BCUT2D eigenvalue weighted by molar-refractivity contribution is -0.181. The summed E-state index contributed by atoms with van der Waals surface area (Å²) in [6.45, 7) is 2.43. The summed E-state index contributed by atoms with van der Waals surface area (Å²) in [6, 6.07) is 60.5. The molecule has 0 saturated heterocycles. The van der Waals surface area contributed by atoms with Crippen molar-refractivity contribution in [2.75, 3.05) is 6.61 Å². The second kappa shape index (κ2) is 18.2. The van der Waals surface area contributed by atoms with E-state index in [-0.39, 0.29) is 25.6 Å². The maximum Gasteiger partial charge on any atom is 0.161 e. The maximum atomic E-state index is 13.6. The number of ether oxygens (including phenoxy) is 4. The van der Waals surface area contributed by atoms with Crippen molar-refractivity contribution < 1.29 is 23.7 Å². The van der Waals surface area contributed by atoms with Gasteiger partial charge in [0.15, 0.2) is 5.78 Å². The average molecular weight is 677 g/mol. The van der Waals surface area contributed by atoms with Crippen molar-refractivity contribution >= 4 is 5.78 Å². The molecular weight excluding hydrogens is 633 g/mol. The minimum Gasteiger partial charge on any atom is -0.368 e. The minimum atomic E-state index is -1.00. The number of rotatable bonds is 18. The molecule has 0 radical (unpaired) electrons. The number of ketones is 1. The zero-order valence-electron chi connectivity index (χ0n) is 28.9. The molecule has 0 aliphatic rings. The average Bonchev–Trinajstić information content (AvgIpc) is 3.20. The Hall–Kier alpha value is -5.17. The molecule has 51 heavy (non-hydrogen) atoms. The van der Waals surface area contributed by atoms with E-state index in [4.69, 9.17) is 18.9 Å². The zero-order chi connectivity index (χ0) is 35.1. The summed E-state index contributed by atoms with van der Waals surface area (Å²) in [5.74, 6) is -0.155. The first kappa shape index (κ1) is 35.6. The molecule has 0 unspecified atom stereocenters. The van der Waals surface area contributed by atoms with Gasteiger partial charge in [0.05, 0.1) is 26.4 Å². The van der Waals surface area contributed by atoms with Crippen molar-refractivity contribution in [1.82, 2.24) is 0 Å².